The van der Waals surface area contributed by atoms with E-state index >= 15 is 0 Å². The van der Waals surface area contributed by atoms with Crippen LogP contribution in [0.25, 0.3) is 0 Å². The molecule has 2 nitrogen and oxygen atoms in total. The summed E-state index contributed by atoms with van der Waals surface area (Å²) in [6.07, 6.45) is 5.51. The number of rotatable bonds is 4. The summed E-state index contributed by atoms with van der Waals surface area (Å²) < 4.78 is 6.32. The lowest BCUT2D eigenvalue weighted by molar-refractivity contribution is 0.0217. The SMILES string of the molecule is CCCCC1(CC)CC(N)c2cc(C)ccc2O1. The molecule has 1 aliphatic rings. The quantitative estimate of drug-likeness (QED) is 0.868. The third-order valence-corrected chi connectivity index (χ3v) is 4.11. The Morgan fingerprint density at radius 2 is 2.17 bits per heavy atom. The molecular formula is C16H25NO. The maximum atomic E-state index is 6.36. The van der Waals surface area contributed by atoms with Gasteiger partial charge in [-0.25, -0.2) is 0 Å². The largest absolute Gasteiger partial charge is 0.487 e. The molecule has 0 bridgehead atoms. The van der Waals surface area contributed by atoms with E-state index in [1.807, 2.05) is 0 Å². The predicted molar refractivity (Wildman–Crippen MR) is 75.9 cm³/mol. The topological polar surface area (TPSA) is 35.2 Å². The molecule has 2 heteroatoms. The summed E-state index contributed by atoms with van der Waals surface area (Å²) in [6.45, 7) is 6.54. The van der Waals surface area contributed by atoms with Crippen LogP contribution in [0.4, 0.5) is 0 Å². The predicted octanol–water partition coefficient (Wildman–Crippen LogP) is 4.12. The summed E-state index contributed by atoms with van der Waals surface area (Å²) in [7, 11) is 0. The van der Waals surface area contributed by atoms with E-state index in [0.717, 1.165) is 25.0 Å². The van der Waals surface area contributed by atoms with E-state index < -0.39 is 0 Å². The molecule has 2 unspecified atom stereocenters. The second kappa shape index (κ2) is 5.31. The summed E-state index contributed by atoms with van der Waals surface area (Å²) >= 11 is 0. The Balaban J connectivity index is 2.27. The van der Waals surface area contributed by atoms with Gasteiger partial charge >= 0.3 is 0 Å². The second-order valence-corrected chi connectivity index (χ2v) is 5.59. The van der Waals surface area contributed by atoms with Crippen LogP contribution < -0.4 is 10.5 Å². The van der Waals surface area contributed by atoms with Crippen molar-refractivity contribution in [3.63, 3.8) is 0 Å². The fourth-order valence-corrected chi connectivity index (χ4v) is 2.88. The van der Waals surface area contributed by atoms with Gasteiger partial charge in [0.2, 0.25) is 0 Å². The number of aryl methyl sites for hydroxylation is 1. The standard InChI is InChI=1S/C16H25NO/c1-4-6-9-16(5-2)11-14(17)13-10-12(3)7-8-15(13)18-16/h7-8,10,14H,4-6,9,11,17H2,1-3H3. The molecule has 0 spiro atoms. The van der Waals surface area contributed by atoms with E-state index in [1.54, 1.807) is 0 Å². The van der Waals surface area contributed by atoms with Crippen molar-refractivity contribution in [2.24, 2.45) is 5.73 Å². The average Bonchev–Trinajstić information content (AvgIpc) is 2.37. The zero-order valence-electron chi connectivity index (χ0n) is 11.8. The van der Waals surface area contributed by atoms with Gasteiger partial charge < -0.3 is 10.5 Å². The van der Waals surface area contributed by atoms with E-state index in [1.165, 1.54) is 24.0 Å². The maximum absolute atomic E-state index is 6.36. The molecule has 2 atom stereocenters. The highest BCUT2D eigenvalue weighted by Crippen LogP contribution is 2.42. The van der Waals surface area contributed by atoms with Gasteiger partial charge in [0.25, 0.3) is 0 Å². The molecule has 0 aliphatic carbocycles. The highest BCUT2D eigenvalue weighted by molar-refractivity contribution is 5.41. The average molecular weight is 247 g/mol. The van der Waals surface area contributed by atoms with E-state index in [2.05, 4.69) is 39.0 Å². The molecule has 18 heavy (non-hydrogen) atoms. The van der Waals surface area contributed by atoms with Gasteiger partial charge in [-0.2, -0.15) is 0 Å². The Labute approximate surface area is 111 Å². The Morgan fingerprint density at radius 1 is 1.39 bits per heavy atom. The first kappa shape index (κ1) is 13.4. The van der Waals surface area contributed by atoms with Gasteiger partial charge in [0.1, 0.15) is 11.4 Å². The molecule has 0 fully saturated rings. The first-order chi connectivity index (χ1) is 8.60. The van der Waals surface area contributed by atoms with Crippen molar-refractivity contribution in [2.75, 3.05) is 0 Å². The first-order valence-electron chi connectivity index (χ1n) is 7.15. The van der Waals surface area contributed by atoms with Crippen LogP contribution in [0.5, 0.6) is 5.75 Å². The Kier molecular flexibility index (Phi) is 3.96. The van der Waals surface area contributed by atoms with Crippen molar-refractivity contribution in [2.45, 2.75) is 64.5 Å². The molecule has 0 aromatic heterocycles. The number of fused-ring (bicyclic) bond motifs is 1. The molecule has 0 saturated heterocycles. The molecule has 0 radical (unpaired) electrons. The third kappa shape index (κ3) is 2.54. The van der Waals surface area contributed by atoms with Crippen molar-refractivity contribution in [3.05, 3.63) is 29.3 Å². The van der Waals surface area contributed by atoms with E-state index in [4.69, 9.17) is 10.5 Å². The number of nitrogens with two attached hydrogens (primary N) is 1. The summed E-state index contributed by atoms with van der Waals surface area (Å²) in [4.78, 5) is 0. The fraction of sp³-hybridized carbons (Fsp3) is 0.625. The molecular weight excluding hydrogens is 222 g/mol. The summed E-state index contributed by atoms with van der Waals surface area (Å²) in [6, 6.07) is 6.47. The number of ether oxygens (including phenoxy) is 1. The lowest BCUT2D eigenvalue weighted by atomic mass is 9.82. The monoisotopic (exact) mass is 247 g/mol. The van der Waals surface area contributed by atoms with Gasteiger partial charge in [-0.3, -0.25) is 0 Å². The van der Waals surface area contributed by atoms with Crippen molar-refractivity contribution < 1.29 is 4.74 Å². The minimum atomic E-state index is -0.0440. The molecule has 0 saturated carbocycles. The molecule has 2 N–H and O–H groups in total. The smallest absolute Gasteiger partial charge is 0.124 e. The van der Waals surface area contributed by atoms with E-state index in [0.29, 0.717) is 0 Å². The van der Waals surface area contributed by atoms with Gasteiger partial charge in [-0.1, -0.05) is 38.0 Å². The molecule has 1 aliphatic heterocycles. The normalized spacial score (nSPS) is 26.6. The third-order valence-electron chi connectivity index (χ3n) is 4.11. The summed E-state index contributed by atoms with van der Waals surface area (Å²) in [5, 5.41) is 0. The van der Waals surface area contributed by atoms with Crippen LogP contribution in [-0.2, 0) is 0 Å². The lowest BCUT2D eigenvalue weighted by Gasteiger charge is -2.41. The van der Waals surface area contributed by atoms with Crippen molar-refractivity contribution >= 4 is 0 Å². The second-order valence-electron chi connectivity index (χ2n) is 5.59. The van der Waals surface area contributed by atoms with Crippen LogP contribution in [0.15, 0.2) is 18.2 Å². The van der Waals surface area contributed by atoms with Gasteiger partial charge in [-0.05, 0) is 32.3 Å². The van der Waals surface area contributed by atoms with Gasteiger partial charge in [-0.15, -0.1) is 0 Å². The number of benzene rings is 1. The highest BCUT2D eigenvalue weighted by atomic mass is 16.5. The Morgan fingerprint density at radius 3 is 2.83 bits per heavy atom. The molecule has 1 aromatic carbocycles. The van der Waals surface area contributed by atoms with Crippen molar-refractivity contribution in [1.82, 2.24) is 0 Å². The maximum Gasteiger partial charge on any atom is 0.124 e. The molecule has 1 aromatic rings. The minimum Gasteiger partial charge on any atom is -0.487 e. The van der Waals surface area contributed by atoms with E-state index in [9.17, 15) is 0 Å². The van der Waals surface area contributed by atoms with Crippen molar-refractivity contribution in [1.29, 1.82) is 0 Å². The molecule has 0 amide bonds. The lowest BCUT2D eigenvalue weighted by Crippen LogP contribution is -2.42. The molecule has 100 valence electrons. The van der Waals surface area contributed by atoms with Crippen LogP contribution in [0.1, 0.15) is 63.1 Å². The van der Waals surface area contributed by atoms with Crippen LogP contribution in [0.3, 0.4) is 0 Å². The molecule has 2 rings (SSSR count). The zero-order valence-corrected chi connectivity index (χ0v) is 11.8. The van der Waals surface area contributed by atoms with Crippen LogP contribution in [0.2, 0.25) is 0 Å². The number of hydrogen-bond donors (Lipinski definition) is 1. The van der Waals surface area contributed by atoms with E-state index in [-0.39, 0.29) is 11.6 Å². The fourth-order valence-electron chi connectivity index (χ4n) is 2.88. The molecule has 1 heterocycles. The number of hydrogen-bond acceptors (Lipinski definition) is 2. The Bertz CT molecular complexity index is 416. The summed E-state index contributed by atoms with van der Waals surface area (Å²) in [5.74, 6) is 0.998. The van der Waals surface area contributed by atoms with Crippen LogP contribution in [0, 0.1) is 6.92 Å². The Hall–Kier alpha value is -1.02. The highest BCUT2D eigenvalue weighted by Gasteiger charge is 2.37. The van der Waals surface area contributed by atoms with Gasteiger partial charge in [0.15, 0.2) is 0 Å². The number of unbranched alkanes of at least 4 members (excludes halogenated alkanes) is 1. The van der Waals surface area contributed by atoms with Crippen LogP contribution >= 0.6 is 0 Å². The van der Waals surface area contributed by atoms with Crippen molar-refractivity contribution in [3.8, 4) is 5.75 Å². The van der Waals surface area contributed by atoms with Gasteiger partial charge in [0, 0.05) is 18.0 Å². The summed E-state index contributed by atoms with van der Waals surface area (Å²) in [5.41, 5.74) is 8.75. The minimum absolute atomic E-state index is 0.0440. The van der Waals surface area contributed by atoms with Crippen LogP contribution in [-0.4, -0.2) is 5.60 Å². The van der Waals surface area contributed by atoms with Gasteiger partial charge in [0.05, 0.1) is 0 Å². The zero-order chi connectivity index (χ0) is 13.2. The first-order valence-corrected chi connectivity index (χ1v) is 7.15.